The van der Waals surface area contributed by atoms with E-state index in [1.807, 2.05) is 6.92 Å². The molecule has 1 saturated carbocycles. The maximum Gasteiger partial charge on any atom is 0.331 e. The zero-order chi connectivity index (χ0) is 16.7. The van der Waals surface area contributed by atoms with E-state index < -0.39 is 5.97 Å². The van der Waals surface area contributed by atoms with Gasteiger partial charge in [-0.1, -0.05) is 31.6 Å². The molecule has 1 aliphatic carbocycles. The van der Waals surface area contributed by atoms with Crippen molar-refractivity contribution in [3.63, 3.8) is 0 Å². The second-order valence-electron chi connectivity index (χ2n) is 6.37. The fourth-order valence-electron chi connectivity index (χ4n) is 3.44. The first-order valence-electron chi connectivity index (χ1n) is 8.78. The average molecular weight is 316 g/mol. The second-order valence-corrected chi connectivity index (χ2v) is 6.37. The first kappa shape index (κ1) is 17.6. The molecule has 1 N–H and O–H groups in total. The van der Waals surface area contributed by atoms with Gasteiger partial charge in [-0.25, -0.2) is 4.79 Å². The lowest BCUT2D eigenvalue weighted by Crippen LogP contribution is -2.19. The number of aliphatic carboxylic acids is 1. The number of rotatable bonds is 7. The van der Waals surface area contributed by atoms with E-state index in [-0.39, 0.29) is 5.92 Å². The van der Waals surface area contributed by atoms with Gasteiger partial charge in [0, 0.05) is 5.57 Å². The van der Waals surface area contributed by atoms with Gasteiger partial charge in [0.15, 0.2) is 0 Å². The molecule has 0 amide bonds. The van der Waals surface area contributed by atoms with Gasteiger partial charge >= 0.3 is 5.97 Å². The van der Waals surface area contributed by atoms with Gasteiger partial charge in [-0.3, -0.25) is 0 Å². The smallest absolute Gasteiger partial charge is 0.331 e. The molecular formula is C20H28O3. The van der Waals surface area contributed by atoms with E-state index in [4.69, 9.17) is 4.74 Å². The van der Waals surface area contributed by atoms with Gasteiger partial charge in [-0.2, -0.15) is 0 Å². The van der Waals surface area contributed by atoms with Crippen molar-refractivity contribution in [3.8, 4) is 5.75 Å². The number of carboxylic acids is 1. The molecule has 0 aliphatic heterocycles. The van der Waals surface area contributed by atoms with Crippen LogP contribution in [-0.2, 0) is 4.79 Å². The van der Waals surface area contributed by atoms with E-state index in [0.29, 0.717) is 11.5 Å². The van der Waals surface area contributed by atoms with Gasteiger partial charge in [0.2, 0.25) is 0 Å². The van der Waals surface area contributed by atoms with Crippen LogP contribution in [0.3, 0.4) is 0 Å². The summed E-state index contributed by atoms with van der Waals surface area (Å²) in [4.78, 5) is 11.2. The minimum atomic E-state index is -0.760. The number of hydrogen-bond donors (Lipinski definition) is 1. The van der Waals surface area contributed by atoms with E-state index in [0.717, 1.165) is 50.9 Å². The number of unbranched alkanes of at least 4 members (excludes halogenated alkanes) is 1. The van der Waals surface area contributed by atoms with Crippen LogP contribution < -0.4 is 4.74 Å². The number of allylic oxidation sites excluding steroid dienone is 1. The standard InChI is InChI=1S/C20H28O3/c1-3-5-14-23-18-12-10-16(11-13-18)15-6-8-17(9-7-15)19(4-2)20(21)22/h4,10-13,15,17H,3,5-9,14H2,1-2H3,(H,21,22). The van der Waals surface area contributed by atoms with Crippen molar-refractivity contribution in [3.05, 3.63) is 41.5 Å². The Morgan fingerprint density at radius 2 is 1.87 bits per heavy atom. The van der Waals surface area contributed by atoms with Crippen LogP contribution in [0, 0.1) is 5.92 Å². The Hall–Kier alpha value is -1.77. The van der Waals surface area contributed by atoms with Gasteiger partial charge in [0.05, 0.1) is 6.61 Å². The van der Waals surface area contributed by atoms with Crippen LogP contribution in [0.4, 0.5) is 0 Å². The Bertz CT molecular complexity index is 522. The Balaban J connectivity index is 1.89. The molecule has 0 saturated heterocycles. The highest BCUT2D eigenvalue weighted by Crippen LogP contribution is 2.39. The Kier molecular flexibility index (Phi) is 6.69. The third kappa shape index (κ3) is 4.85. The molecule has 3 nitrogen and oxygen atoms in total. The maximum absolute atomic E-state index is 11.2. The molecule has 1 aromatic rings. The third-order valence-electron chi connectivity index (χ3n) is 4.84. The molecule has 3 heteroatoms. The first-order chi connectivity index (χ1) is 11.2. The maximum atomic E-state index is 11.2. The highest BCUT2D eigenvalue weighted by Gasteiger charge is 2.27. The van der Waals surface area contributed by atoms with Gasteiger partial charge in [0.25, 0.3) is 0 Å². The highest BCUT2D eigenvalue weighted by atomic mass is 16.5. The van der Waals surface area contributed by atoms with E-state index in [2.05, 4.69) is 31.2 Å². The number of hydrogen-bond acceptors (Lipinski definition) is 2. The van der Waals surface area contributed by atoms with E-state index in [1.165, 1.54) is 5.56 Å². The Morgan fingerprint density at radius 1 is 1.22 bits per heavy atom. The van der Waals surface area contributed by atoms with Crippen molar-refractivity contribution >= 4 is 5.97 Å². The fourth-order valence-corrected chi connectivity index (χ4v) is 3.44. The molecule has 0 aromatic heterocycles. The molecule has 2 rings (SSSR count). The summed E-state index contributed by atoms with van der Waals surface area (Å²) >= 11 is 0. The van der Waals surface area contributed by atoms with Crippen LogP contribution in [0.15, 0.2) is 35.9 Å². The Morgan fingerprint density at radius 3 is 2.39 bits per heavy atom. The summed E-state index contributed by atoms with van der Waals surface area (Å²) in [7, 11) is 0. The molecule has 1 fully saturated rings. The second kappa shape index (κ2) is 8.76. The average Bonchev–Trinajstić information content (AvgIpc) is 2.57. The van der Waals surface area contributed by atoms with Crippen LogP contribution >= 0.6 is 0 Å². The van der Waals surface area contributed by atoms with Crippen LogP contribution in [0.1, 0.15) is 63.9 Å². The van der Waals surface area contributed by atoms with Gasteiger partial charge in [-0.15, -0.1) is 0 Å². The predicted molar refractivity (Wildman–Crippen MR) is 92.9 cm³/mol. The summed E-state index contributed by atoms with van der Waals surface area (Å²) in [5.74, 6) is 0.940. The third-order valence-corrected chi connectivity index (χ3v) is 4.84. The monoisotopic (exact) mass is 316 g/mol. The minimum Gasteiger partial charge on any atom is -0.494 e. The fraction of sp³-hybridized carbons (Fsp3) is 0.550. The van der Waals surface area contributed by atoms with Crippen molar-refractivity contribution in [2.24, 2.45) is 5.92 Å². The van der Waals surface area contributed by atoms with Gasteiger partial charge in [0.1, 0.15) is 5.75 Å². The number of ether oxygens (including phenoxy) is 1. The van der Waals surface area contributed by atoms with Crippen LogP contribution in [0.2, 0.25) is 0 Å². The molecule has 0 atom stereocenters. The highest BCUT2D eigenvalue weighted by molar-refractivity contribution is 5.87. The summed E-state index contributed by atoms with van der Waals surface area (Å²) < 4.78 is 5.71. The number of carboxylic acid groups (broad SMARTS) is 1. The molecule has 0 heterocycles. The first-order valence-corrected chi connectivity index (χ1v) is 8.78. The lowest BCUT2D eigenvalue weighted by atomic mass is 9.76. The summed E-state index contributed by atoms with van der Waals surface area (Å²) in [6.45, 7) is 4.77. The van der Waals surface area contributed by atoms with Crippen LogP contribution in [0.5, 0.6) is 5.75 Å². The topological polar surface area (TPSA) is 46.5 Å². The normalized spacial score (nSPS) is 21.9. The molecular weight excluding hydrogens is 288 g/mol. The molecule has 0 spiro atoms. The van der Waals surface area contributed by atoms with Crippen molar-refractivity contribution in [2.45, 2.75) is 58.3 Å². The molecule has 1 aliphatic rings. The van der Waals surface area contributed by atoms with Crippen molar-refractivity contribution in [1.82, 2.24) is 0 Å². The minimum absolute atomic E-state index is 0.213. The number of benzene rings is 1. The summed E-state index contributed by atoms with van der Waals surface area (Å²) in [5, 5.41) is 9.25. The molecule has 23 heavy (non-hydrogen) atoms. The number of carbonyl (C=O) groups is 1. The van der Waals surface area contributed by atoms with Crippen molar-refractivity contribution in [2.75, 3.05) is 6.61 Å². The molecule has 1 aromatic carbocycles. The zero-order valence-electron chi connectivity index (χ0n) is 14.3. The van der Waals surface area contributed by atoms with E-state index >= 15 is 0 Å². The summed E-state index contributed by atoms with van der Waals surface area (Å²) in [6.07, 6.45) is 8.04. The molecule has 0 radical (unpaired) electrons. The summed E-state index contributed by atoms with van der Waals surface area (Å²) in [6, 6.07) is 8.46. The SMILES string of the molecule is CC=C(C(=O)O)C1CCC(c2ccc(OCCCC)cc2)CC1. The van der Waals surface area contributed by atoms with Crippen molar-refractivity contribution < 1.29 is 14.6 Å². The van der Waals surface area contributed by atoms with Crippen LogP contribution in [-0.4, -0.2) is 17.7 Å². The van der Waals surface area contributed by atoms with E-state index in [1.54, 1.807) is 6.08 Å². The predicted octanol–water partition coefficient (Wildman–Crippen LogP) is 5.17. The quantitative estimate of drug-likeness (QED) is 0.557. The van der Waals surface area contributed by atoms with Crippen molar-refractivity contribution in [1.29, 1.82) is 0 Å². The van der Waals surface area contributed by atoms with Gasteiger partial charge < -0.3 is 9.84 Å². The van der Waals surface area contributed by atoms with Gasteiger partial charge in [-0.05, 0) is 68.6 Å². The largest absolute Gasteiger partial charge is 0.494 e. The molecule has 0 unspecified atom stereocenters. The molecule has 0 bridgehead atoms. The Labute approximate surface area is 139 Å². The van der Waals surface area contributed by atoms with E-state index in [9.17, 15) is 9.90 Å². The van der Waals surface area contributed by atoms with Crippen LogP contribution in [0.25, 0.3) is 0 Å². The lowest BCUT2D eigenvalue weighted by Gasteiger charge is -2.29. The summed E-state index contributed by atoms with van der Waals surface area (Å²) in [5.41, 5.74) is 1.94. The molecule has 126 valence electrons. The lowest BCUT2D eigenvalue weighted by molar-refractivity contribution is -0.133. The zero-order valence-corrected chi connectivity index (χ0v) is 14.3.